The molecule has 3 fully saturated rings. The maximum absolute atomic E-state index is 15.6. The monoisotopic (exact) mass is 971 g/mol. The number of hydrogen-bond acceptors (Lipinski definition) is 8. The number of nitrogens with one attached hydrogen (secondary N) is 1. The number of carbonyl (C=O) groups is 4. The highest BCUT2D eigenvalue weighted by atomic mass is 79.9. The van der Waals surface area contributed by atoms with E-state index in [-0.39, 0.29) is 51.3 Å². The van der Waals surface area contributed by atoms with Crippen LogP contribution in [0.3, 0.4) is 0 Å². The molecule has 4 amide bonds. The number of imide groups is 2. The minimum Gasteiger partial charge on any atom is -0.503 e. The van der Waals surface area contributed by atoms with Crippen molar-refractivity contribution in [2.24, 2.45) is 23.7 Å². The smallest absolute Gasteiger partial charge is 0.260 e. The van der Waals surface area contributed by atoms with Crippen molar-refractivity contribution in [3.8, 4) is 17.2 Å². The SMILES string of the molecule is COc1ccc(C23C(=O)N(Nc4ccc(Cl)cc4Cl)C(=O)C2CC2C(=CCC4C(=O)N(c5ccc(Br)cc5)C(=O)C42)C3c2cc(OC)c(O)c(Br)c2Br)cc1. The number of phenols is 1. The van der Waals surface area contributed by atoms with Crippen LogP contribution in [0.4, 0.5) is 11.4 Å². The number of benzene rings is 4. The zero-order chi connectivity index (χ0) is 39.1. The predicted octanol–water partition coefficient (Wildman–Crippen LogP) is 9.19. The molecule has 8 rings (SSSR count). The minimum atomic E-state index is -1.62. The van der Waals surface area contributed by atoms with E-state index >= 15 is 9.59 Å². The van der Waals surface area contributed by atoms with Gasteiger partial charge in [-0.25, -0.2) is 0 Å². The summed E-state index contributed by atoms with van der Waals surface area (Å²) >= 11 is 23.4. The lowest BCUT2D eigenvalue weighted by Crippen LogP contribution is -2.53. The summed E-state index contributed by atoms with van der Waals surface area (Å²) in [5.41, 5.74) is 3.87. The number of anilines is 2. The van der Waals surface area contributed by atoms with Crippen LogP contribution < -0.4 is 19.8 Å². The number of hydrazine groups is 1. The maximum atomic E-state index is 15.6. The average Bonchev–Trinajstić information content (AvgIpc) is 3.56. The van der Waals surface area contributed by atoms with E-state index in [0.29, 0.717) is 32.1 Å². The number of rotatable bonds is 7. The number of aromatic hydroxyl groups is 1. The molecule has 6 atom stereocenters. The Hall–Kier alpha value is -3.88. The Morgan fingerprint density at radius 2 is 1.55 bits per heavy atom. The Bertz CT molecular complexity index is 2340. The van der Waals surface area contributed by atoms with Crippen LogP contribution in [0, 0.1) is 23.7 Å². The number of fused-ring (bicyclic) bond motifs is 4. The Morgan fingerprint density at radius 3 is 2.20 bits per heavy atom. The van der Waals surface area contributed by atoms with E-state index in [1.807, 2.05) is 6.08 Å². The highest BCUT2D eigenvalue weighted by Crippen LogP contribution is 2.66. The lowest BCUT2D eigenvalue weighted by atomic mass is 9.49. The molecular weight excluding hydrogens is 945 g/mol. The standard InChI is InChI=1S/C40H30Br3Cl2N3O7/c1-54-22-10-3-18(4-11-22)40-27(37(51)48(39(40)53)46-29-14-7-20(44)15-28(29)45)16-25-23(32(40)26-17-30(55-2)35(49)34(43)33(26)42)12-13-24-31(25)38(52)47(36(24)50)21-8-5-19(41)6-9-21/h3-12,14-15,17,24-25,27,31-32,46,49H,13,16H2,1-2H3. The first-order valence-electron chi connectivity index (χ1n) is 17.2. The Labute approximate surface area is 351 Å². The van der Waals surface area contributed by atoms with Crippen molar-refractivity contribution < 1.29 is 33.8 Å². The molecule has 4 aromatic carbocycles. The zero-order valence-electron chi connectivity index (χ0n) is 29.0. The number of ether oxygens (including phenoxy) is 2. The van der Waals surface area contributed by atoms with Crippen LogP contribution in [0.2, 0.25) is 10.0 Å². The summed E-state index contributed by atoms with van der Waals surface area (Å²) in [5.74, 6) is -5.39. The zero-order valence-corrected chi connectivity index (χ0v) is 35.3. The molecule has 0 spiro atoms. The van der Waals surface area contributed by atoms with E-state index in [0.717, 1.165) is 15.1 Å². The van der Waals surface area contributed by atoms with Crippen LogP contribution in [-0.4, -0.2) is 48.0 Å². The molecule has 6 unspecified atom stereocenters. The van der Waals surface area contributed by atoms with Crippen LogP contribution in [0.15, 0.2) is 97.9 Å². The lowest BCUT2D eigenvalue weighted by molar-refractivity contribution is -0.138. The number of allylic oxidation sites excluding steroid dienone is 2. The van der Waals surface area contributed by atoms with Crippen molar-refractivity contribution in [3.05, 3.63) is 119 Å². The van der Waals surface area contributed by atoms with Crippen LogP contribution in [0.25, 0.3) is 0 Å². The second-order valence-electron chi connectivity index (χ2n) is 13.8. The summed E-state index contributed by atoms with van der Waals surface area (Å²) in [4.78, 5) is 60.6. The Morgan fingerprint density at radius 1 is 0.836 bits per heavy atom. The van der Waals surface area contributed by atoms with Crippen LogP contribution in [-0.2, 0) is 24.6 Å². The van der Waals surface area contributed by atoms with Crippen molar-refractivity contribution in [1.29, 1.82) is 0 Å². The first-order chi connectivity index (χ1) is 26.3. The second-order valence-corrected chi connectivity index (χ2v) is 17.2. The molecule has 2 heterocycles. The van der Waals surface area contributed by atoms with Crippen molar-refractivity contribution in [2.75, 3.05) is 24.5 Å². The molecular formula is C40H30Br3Cl2N3O7. The van der Waals surface area contributed by atoms with Gasteiger partial charge in [-0.3, -0.25) is 29.5 Å². The van der Waals surface area contributed by atoms with Crippen molar-refractivity contribution in [1.82, 2.24) is 5.01 Å². The Kier molecular flexibility index (Phi) is 9.85. The third-order valence-electron chi connectivity index (χ3n) is 11.4. The topological polar surface area (TPSA) is 125 Å². The predicted molar refractivity (Wildman–Crippen MR) is 217 cm³/mol. The molecule has 0 radical (unpaired) electrons. The van der Waals surface area contributed by atoms with Gasteiger partial charge in [0.15, 0.2) is 11.5 Å². The van der Waals surface area contributed by atoms with Gasteiger partial charge in [-0.1, -0.05) is 62.9 Å². The number of nitrogens with zero attached hydrogens (tertiary/aromatic N) is 2. The van der Waals surface area contributed by atoms with E-state index in [4.69, 9.17) is 32.7 Å². The van der Waals surface area contributed by atoms with Gasteiger partial charge in [0.2, 0.25) is 11.8 Å². The normalized spacial score (nSPS) is 25.7. The second kappa shape index (κ2) is 14.3. The number of phenolic OH excluding ortho intramolecular Hbond substituents is 1. The van der Waals surface area contributed by atoms with Gasteiger partial charge in [0.05, 0.1) is 58.3 Å². The van der Waals surface area contributed by atoms with Gasteiger partial charge in [0, 0.05) is 19.9 Å². The summed E-state index contributed by atoms with van der Waals surface area (Å²) in [7, 11) is 2.95. The fourth-order valence-electron chi connectivity index (χ4n) is 9.01. The maximum Gasteiger partial charge on any atom is 0.260 e. The van der Waals surface area contributed by atoms with Crippen molar-refractivity contribution in [2.45, 2.75) is 24.2 Å². The van der Waals surface area contributed by atoms with Gasteiger partial charge in [-0.2, -0.15) is 5.01 Å². The highest BCUT2D eigenvalue weighted by Gasteiger charge is 2.70. The molecule has 2 aliphatic heterocycles. The largest absolute Gasteiger partial charge is 0.503 e. The minimum absolute atomic E-state index is 0.0772. The van der Waals surface area contributed by atoms with Crippen LogP contribution in [0.5, 0.6) is 17.2 Å². The molecule has 15 heteroatoms. The molecule has 0 bridgehead atoms. The molecule has 2 N–H and O–H groups in total. The summed E-state index contributed by atoms with van der Waals surface area (Å²) in [6, 6.07) is 20.3. The summed E-state index contributed by atoms with van der Waals surface area (Å²) < 4.78 is 12.6. The number of carbonyl (C=O) groups excluding carboxylic acids is 4. The third-order valence-corrected chi connectivity index (χ3v) is 14.6. The Balaban J connectivity index is 1.37. The fraction of sp³-hybridized carbons (Fsp3) is 0.250. The lowest BCUT2D eigenvalue weighted by Gasteiger charge is -2.51. The summed E-state index contributed by atoms with van der Waals surface area (Å²) in [5, 5.41) is 12.6. The van der Waals surface area contributed by atoms with Gasteiger partial charge in [-0.15, -0.1) is 0 Å². The highest BCUT2D eigenvalue weighted by molar-refractivity contribution is 9.13. The molecule has 0 aromatic heterocycles. The van der Waals surface area contributed by atoms with Crippen molar-refractivity contribution >= 4 is 106 Å². The fourth-order valence-corrected chi connectivity index (χ4v) is 10.7. The van der Waals surface area contributed by atoms with E-state index < -0.39 is 46.8 Å². The van der Waals surface area contributed by atoms with Gasteiger partial charge in [-0.05, 0) is 122 Å². The van der Waals surface area contributed by atoms with Gasteiger partial charge in [0.25, 0.3) is 11.8 Å². The first kappa shape index (κ1) is 38.0. The number of amides is 4. The van der Waals surface area contributed by atoms with Gasteiger partial charge >= 0.3 is 0 Å². The molecule has 2 aliphatic carbocycles. The van der Waals surface area contributed by atoms with Crippen LogP contribution in [0.1, 0.15) is 29.9 Å². The first-order valence-corrected chi connectivity index (χ1v) is 20.3. The molecule has 4 aromatic rings. The molecule has 1 saturated carbocycles. The van der Waals surface area contributed by atoms with E-state index in [1.54, 1.807) is 66.7 Å². The number of halogens is 5. The average molecular weight is 975 g/mol. The number of hydrogen-bond donors (Lipinski definition) is 2. The van der Waals surface area contributed by atoms with Gasteiger partial charge in [0.1, 0.15) is 5.75 Å². The summed E-state index contributed by atoms with van der Waals surface area (Å²) in [6.45, 7) is 0. The molecule has 4 aliphatic rings. The third kappa shape index (κ3) is 5.75. The van der Waals surface area contributed by atoms with Crippen molar-refractivity contribution in [3.63, 3.8) is 0 Å². The molecule has 282 valence electrons. The number of methoxy groups -OCH3 is 2. The van der Waals surface area contributed by atoms with E-state index in [1.165, 1.54) is 25.2 Å². The molecule has 10 nitrogen and oxygen atoms in total. The molecule has 2 saturated heterocycles. The summed E-state index contributed by atoms with van der Waals surface area (Å²) in [6.07, 6.45) is 2.26. The quantitative estimate of drug-likeness (QED) is 0.139. The van der Waals surface area contributed by atoms with Crippen LogP contribution >= 0.6 is 71.0 Å². The van der Waals surface area contributed by atoms with E-state index in [2.05, 4.69) is 53.2 Å². The van der Waals surface area contributed by atoms with E-state index in [9.17, 15) is 14.7 Å². The van der Waals surface area contributed by atoms with Gasteiger partial charge < -0.3 is 14.6 Å². The molecule has 55 heavy (non-hydrogen) atoms.